The van der Waals surface area contributed by atoms with Gasteiger partial charge in [-0.15, -0.1) is 11.3 Å². The van der Waals surface area contributed by atoms with E-state index < -0.39 is 0 Å². The van der Waals surface area contributed by atoms with E-state index in [2.05, 4.69) is 45.3 Å². The SMILES string of the molecule is CCCCC(NCCC)c1nc(C(C)(C)C)cs1. The lowest BCUT2D eigenvalue weighted by Gasteiger charge is -2.17. The van der Waals surface area contributed by atoms with Crippen LogP contribution < -0.4 is 5.32 Å². The minimum absolute atomic E-state index is 0.162. The summed E-state index contributed by atoms with van der Waals surface area (Å²) in [6, 6.07) is 0.450. The van der Waals surface area contributed by atoms with Crippen LogP contribution in [0.3, 0.4) is 0 Å². The van der Waals surface area contributed by atoms with Gasteiger partial charge in [-0.1, -0.05) is 47.5 Å². The fourth-order valence-electron chi connectivity index (χ4n) is 1.83. The highest BCUT2D eigenvalue weighted by Gasteiger charge is 2.20. The predicted octanol–water partition coefficient (Wildman–Crippen LogP) is 4.67. The Morgan fingerprint density at radius 3 is 2.50 bits per heavy atom. The highest BCUT2D eigenvalue weighted by atomic mass is 32.1. The van der Waals surface area contributed by atoms with Crippen molar-refractivity contribution in [2.75, 3.05) is 6.54 Å². The topological polar surface area (TPSA) is 24.9 Å². The Balaban J connectivity index is 2.74. The Hall–Kier alpha value is -0.410. The normalized spacial score (nSPS) is 13.8. The van der Waals surface area contributed by atoms with Crippen molar-refractivity contribution in [2.45, 2.75) is 71.8 Å². The summed E-state index contributed by atoms with van der Waals surface area (Å²) in [7, 11) is 0. The molecule has 18 heavy (non-hydrogen) atoms. The van der Waals surface area contributed by atoms with Gasteiger partial charge < -0.3 is 5.32 Å². The number of thiazole rings is 1. The second-order valence-electron chi connectivity index (χ2n) is 5.97. The number of nitrogens with one attached hydrogen (secondary N) is 1. The van der Waals surface area contributed by atoms with E-state index in [-0.39, 0.29) is 5.41 Å². The Labute approximate surface area is 116 Å². The number of rotatable bonds is 7. The van der Waals surface area contributed by atoms with Crippen molar-refractivity contribution in [3.05, 3.63) is 16.1 Å². The van der Waals surface area contributed by atoms with Crippen LogP contribution in [0.25, 0.3) is 0 Å². The van der Waals surface area contributed by atoms with Gasteiger partial charge in [0.15, 0.2) is 0 Å². The second kappa shape index (κ2) is 7.25. The van der Waals surface area contributed by atoms with E-state index in [9.17, 15) is 0 Å². The van der Waals surface area contributed by atoms with Crippen LogP contribution >= 0.6 is 11.3 Å². The third-order valence-electron chi connectivity index (χ3n) is 3.08. The molecule has 0 saturated heterocycles. The first-order valence-electron chi connectivity index (χ1n) is 7.18. The lowest BCUT2D eigenvalue weighted by molar-refractivity contribution is 0.475. The van der Waals surface area contributed by atoms with Gasteiger partial charge in [0.2, 0.25) is 0 Å². The van der Waals surface area contributed by atoms with Crippen LogP contribution in [0.4, 0.5) is 0 Å². The van der Waals surface area contributed by atoms with Crippen molar-refractivity contribution in [3.63, 3.8) is 0 Å². The van der Waals surface area contributed by atoms with Crippen LogP contribution in [0.2, 0.25) is 0 Å². The highest BCUT2D eigenvalue weighted by molar-refractivity contribution is 7.09. The molecule has 0 aliphatic carbocycles. The Kier molecular flexibility index (Phi) is 6.30. The molecule has 0 bridgehead atoms. The molecule has 1 heterocycles. The van der Waals surface area contributed by atoms with Crippen molar-refractivity contribution in [2.24, 2.45) is 0 Å². The predicted molar refractivity (Wildman–Crippen MR) is 81.4 cm³/mol. The second-order valence-corrected chi connectivity index (χ2v) is 6.86. The van der Waals surface area contributed by atoms with E-state index in [1.807, 2.05) is 11.3 Å². The van der Waals surface area contributed by atoms with Gasteiger partial charge in [0.05, 0.1) is 11.7 Å². The zero-order valence-electron chi connectivity index (χ0n) is 12.5. The zero-order chi connectivity index (χ0) is 13.6. The third-order valence-corrected chi connectivity index (χ3v) is 4.03. The summed E-state index contributed by atoms with van der Waals surface area (Å²) < 4.78 is 0. The van der Waals surface area contributed by atoms with E-state index in [1.165, 1.54) is 36.4 Å². The summed E-state index contributed by atoms with van der Waals surface area (Å²) in [5.74, 6) is 0. The van der Waals surface area contributed by atoms with Crippen molar-refractivity contribution in [3.8, 4) is 0 Å². The molecule has 0 aliphatic rings. The maximum Gasteiger partial charge on any atom is 0.110 e. The minimum atomic E-state index is 0.162. The Morgan fingerprint density at radius 2 is 2.00 bits per heavy atom. The van der Waals surface area contributed by atoms with Gasteiger partial charge in [-0.05, 0) is 19.4 Å². The Morgan fingerprint density at radius 1 is 1.28 bits per heavy atom. The van der Waals surface area contributed by atoms with Crippen LogP contribution in [0, 0.1) is 0 Å². The first kappa shape index (κ1) is 15.6. The molecule has 3 heteroatoms. The molecular formula is C15H28N2S. The van der Waals surface area contributed by atoms with Crippen molar-refractivity contribution < 1.29 is 0 Å². The van der Waals surface area contributed by atoms with Gasteiger partial charge in [0.1, 0.15) is 5.01 Å². The van der Waals surface area contributed by atoms with Crippen LogP contribution in [-0.4, -0.2) is 11.5 Å². The van der Waals surface area contributed by atoms with Crippen LogP contribution in [0.1, 0.15) is 77.0 Å². The van der Waals surface area contributed by atoms with E-state index >= 15 is 0 Å². The average molecular weight is 268 g/mol. The number of aromatic nitrogens is 1. The molecule has 2 nitrogen and oxygen atoms in total. The first-order chi connectivity index (χ1) is 8.49. The third kappa shape index (κ3) is 4.69. The lowest BCUT2D eigenvalue weighted by atomic mass is 9.93. The molecule has 0 spiro atoms. The van der Waals surface area contributed by atoms with E-state index in [1.54, 1.807) is 0 Å². The summed E-state index contributed by atoms with van der Waals surface area (Å²) in [6.07, 6.45) is 4.90. The largest absolute Gasteiger partial charge is 0.308 e. The Bertz CT molecular complexity index is 331. The summed E-state index contributed by atoms with van der Waals surface area (Å²) in [6.45, 7) is 12.2. The van der Waals surface area contributed by atoms with Crippen molar-refractivity contribution in [1.82, 2.24) is 10.3 Å². The molecule has 1 aromatic rings. The molecule has 1 N–H and O–H groups in total. The maximum atomic E-state index is 4.84. The van der Waals surface area contributed by atoms with Gasteiger partial charge in [-0.2, -0.15) is 0 Å². The van der Waals surface area contributed by atoms with Crippen molar-refractivity contribution >= 4 is 11.3 Å². The highest BCUT2D eigenvalue weighted by Crippen LogP contribution is 2.28. The summed E-state index contributed by atoms with van der Waals surface area (Å²) in [4.78, 5) is 4.84. The molecule has 0 amide bonds. The van der Waals surface area contributed by atoms with E-state index in [4.69, 9.17) is 4.98 Å². The molecule has 0 saturated carbocycles. The monoisotopic (exact) mass is 268 g/mol. The van der Waals surface area contributed by atoms with Gasteiger partial charge >= 0.3 is 0 Å². The number of hydrogen-bond donors (Lipinski definition) is 1. The molecule has 0 radical (unpaired) electrons. The molecule has 0 aliphatic heterocycles. The standard InChI is InChI=1S/C15H28N2S/c1-6-8-9-12(16-10-7-2)14-17-13(11-18-14)15(3,4)5/h11-12,16H,6-10H2,1-5H3. The molecule has 0 fully saturated rings. The fraction of sp³-hybridized carbons (Fsp3) is 0.800. The minimum Gasteiger partial charge on any atom is -0.308 e. The summed E-state index contributed by atoms with van der Waals surface area (Å²) in [5, 5.41) is 7.12. The smallest absolute Gasteiger partial charge is 0.110 e. The van der Waals surface area contributed by atoms with Gasteiger partial charge in [0, 0.05) is 10.8 Å². The van der Waals surface area contributed by atoms with Gasteiger partial charge in [0.25, 0.3) is 0 Å². The average Bonchev–Trinajstić information content (AvgIpc) is 2.78. The summed E-state index contributed by atoms with van der Waals surface area (Å²) in [5.41, 5.74) is 1.39. The van der Waals surface area contributed by atoms with Crippen LogP contribution in [0.5, 0.6) is 0 Å². The van der Waals surface area contributed by atoms with E-state index in [0.29, 0.717) is 6.04 Å². The zero-order valence-corrected chi connectivity index (χ0v) is 13.4. The molecule has 1 rings (SSSR count). The molecular weight excluding hydrogens is 240 g/mol. The molecule has 0 aromatic carbocycles. The number of unbranched alkanes of at least 4 members (excludes halogenated alkanes) is 1. The molecule has 104 valence electrons. The molecule has 1 aromatic heterocycles. The van der Waals surface area contributed by atoms with Crippen LogP contribution in [0.15, 0.2) is 5.38 Å². The van der Waals surface area contributed by atoms with Crippen molar-refractivity contribution in [1.29, 1.82) is 0 Å². The quantitative estimate of drug-likeness (QED) is 0.777. The maximum absolute atomic E-state index is 4.84. The van der Waals surface area contributed by atoms with Gasteiger partial charge in [-0.25, -0.2) is 4.98 Å². The van der Waals surface area contributed by atoms with Gasteiger partial charge in [-0.3, -0.25) is 0 Å². The molecule has 1 unspecified atom stereocenters. The van der Waals surface area contributed by atoms with E-state index in [0.717, 1.165) is 6.54 Å². The lowest BCUT2D eigenvalue weighted by Crippen LogP contribution is -2.22. The summed E-state index contributed by atoms with van der Waals surface area (Å²) >= 11 is 1.81. The number of nitrogens with zero attached hydrogens (tertiary/aromatic N) is 1. The first-order valence-corrected chi connectivity index (χ1v) is 8.06. The van der Waals surface area contributed by atoms with Crippen LogP contribution in [-0.2, 0) is 5.41 Å². The molecule has 1 atom stereocenters. The fourth-order valence-corrected chi connectivity index (χ4v) is 2.99. The number of hydrogen-bond acceptors (Lipinski definition) is 3.